The Balaban J connectivity index is 1.89. The van der Waals surface area contributed by atoms with Crippen LogP contribution in [0, 0.1) is 0 Å². The molecular formula is C12H20N4O3. The zero-order valence-corrected chi connectivity index (χ0v) is 10.9. The lowest BCUT2D eigenvalue weighted by Crippen LogP contribution is -2.44. The molecular weight excluding hydrogens is 248 g/mol. The monoisotopic (exact) mass is 268 g/mol. The molecule has 1 saturated heterocycles. The molecule has 1 spiro atoms. The van der Waals surface area contributed by atoms with E-state index in [-0.39, 0.29) is 30.8 Å². The Bertz CT molecular complexity index is 390. The van der Waals surface area contributed by atoms with E-state index < -0.39 is 5.54 Å². The third kappa shape index (κ3) is 2.70. The van der Waals surface area contributed by atoms with Crippen LogP contribution in [0.4, 0.5) is 4.79 Å². The van der Waals surface area contributed by atoms with Crippen molar-refractivity contribution in [3.05, 3.63) is 0 Å². The van der Waals surface area contributed by atoms with Crippen molar-refractivity contribution in [2.24, 2.45) is 5.73 Å². The molecule has 0 unspecified atom stereocenters. The minimum atomic E-state index is -0.690. The second kappa shape index (κ2) is 5.56. The lowest BCUT2D eigenvalue weighted by Gasteiger charge is -2.19. The standard InChI is InChI=1S/C12H20N4O3/c13-6-7-14-9(17)3-8-16-10(18)12(15-11(16)19)4-1-2-5-12/h1-8,13H2,(H,14,17)(H,15,19). The molecule has 0 bridgehead atoms. The van der Waals surface area contributed by atoms with Crippen molar-refractivity contribution in [2.75, 3.05) is 19.6 Å². The molecule has 0 aromatic rings. The summed E-state index contributed by atoms with van der Waals surface area (Å²) in [7, 11) is 0. The van der Waals surface area contributed by atoms with Crippen LogP contribution in [0.3, 0.4) is 0 Å². The van der Waals surface area contributed by atoms with Gasteiger partial charge in [0.1, 0.15) is 5.54 Å². The van der Waals surface area contributed by atoms with Gasteiger partial charge in [-0.25, -0.2) is 4.79 Å². The number of carbonyl (C=O) groups is 3. The first kappa shape index (κ1) is 13.8. The molecule has 4 amide bonds. The quantitative estimate of drug-likeness (QED) is 0.574. The van der Waals surface area contributed by atoms with Gasteiger partial charge in [-0.15, -0.1) is 0 Å². The van der Waals surface area contributed by atoms with Gasteiger partial charge in [0.25, 0.3) is 5.91 Å². The Morgan fingerprint density at radius 1 is 1.37 bits per heavy atom. The Hall–Kier alpha value is -1.63. The van der Waals surface area contributed by atoms with Gasteiger partial charge in [0.15, 0.2) is 0 Å². The molecule has 0 aromatic heterocycles. The summed E-state index contributed by atoms with van der Waals surface area (Å²) >= 11 is 0. The predicted molar refractivity (Wildman–Crippen MR) is 68.1 cm³/mol. The summed E-state index contributed by atoms with van der Waals surface area (Å²) in [5.41, 5.74) is 4.58. The summed E-state index contributed by atoms with van der Waals surface area (Å²) in [5, 5.41) is 5.40. The Morgan fingerprint density at radius 3 is 2.68 bits per heavy atom. The number of nitrogens with two attached hydrogens (primary N) is 1. The minimum absolute atomic E-state index is 0.120. The van der Waals surface area contributed by atoms with Gasteiger partial charge < -0.3 is 16.4 Å². The number of urea groups is 1. The summed E-state index contributed by atoms with van der Waals surface area (Å²) in [6.45, 7) is 0.906. The average molecular weight is 268 g/mol. The Labute approximate surface area is 111 Å². The number of nitrogens with one attached hydrogen (secondary N) is 2. The fourth-order valence-corrected chi connectivity index (χ4v) is 2.71. The third-order valence-electron chi connectivity index (χ3n) is 3.73. The van der Waals surface area contributed by atoms with Crippen LogP contribution in [0.15, 0.2) is 0 Å². The fourth-order valence-electron chi connectivity index (χ4n) is 2.71. The number of rotatable bonds is 5. The van der Waals surface area contributed by atoms with Crippen LogP contribution in [0.5, 0.6) is 0 Å². The van der Waals surface area contributed by atoms with E-state index in [1.165, 1.54) is 0 Å². The van der Waals surface area contributed by atoms with Crippen LogP contribution in [0.1, 0.15) is 32.1 Å². The number of carbonyl (C=O) groups excluding carboxylic acids is 3. The highest BCUT2D eigenvalue weighted by molar-refractivity contribution is 6.07. The Kier molecular flexibility index (Phi) is 4.04. The van der Waals surface area contributed by atoms with Gasteiger partial charge in [0, 0.05) is 26.1 Å². The van der Waals surface area contributed by atoms with Crippen LogP contribution in [0.25, 0.3) is 0 Å². The van der Waals surface area contributed by atoms with Crippen molar-refractivity contribution in [3.8, 4) is 0 Å². The number of nitrogens with zero attached hydrogens (tertiary/aromatic N) is 1. The summed E-state index contributed by atoms with van der Waals surface area (Å²) in [4.78, 5) is 36.7. The van der Waals surface area contributed by atoms with Gasteiger partial charge in [0.05, 0.1) is 0 Å². The number of imide groups is 1. The van der Waals surface area contributed by atoms with E-state index in [1.807, 2.05) is 0 Å². The molecule has 1 saturated carbocycles. The molecule has 19 heavy (non-hydrogen) atoms. The molecule has 7 heteroatoms. The van der Waals surface area contributed by atoms with Crippen molar-refractivity contribution in [3.63, 3.8) is 0 Å². The van der Waals surface area contributed by atoms with Gasteiger partial charge in [-0.1, -0.05) is 12.8 Å². The van der Waals surface area contributed by atoms with Crippen LogP contribution in [-0.4, -0.2) is 47.9 Å². The van der Waals surface area contributed by atoms with Crippen LogP contribution >= 0.6 is 0 Å². The largest absolute Gasteiger partial charge is 0.355 e. The molecule has 7 nitrogen and oxygen atoms in total. The number of amides is 4. The van der Waals surface area contributed by atoms with Crippen molar-refractivity contribution >= 4 is 17.8 Å². The van der Waals surface area contributed by atoms with E-state index in [2.05, 4.69) is 10.6 Å². The van der Waals surface area contributed by atoms with Crippen LogP contribution < -0.4 is 16.4 Å². The van der Waals surface area contributed by atoms with E-state index in [0.717, 1.165) is 17.7 Å². The second-order valence-corrected chi connectivity index (χ2v) is 5.06. The SMILES string of the molecule is NCCNC(=O)CCN1C(=O)NC2(CCCC2)C1=O. The summed E-state index contributed by atoms with van der Waals surface area (Å²) < 4.78 is 0. The maximum Gasteiger partial charge on any atom is 0.325 e. The third-order valence-corrected chi connectivity index (χ3v) is 3.73. The highest BCUT2D eigenvalue weighted by atomic mass is 16.2. The summed E-state index contributed by atoms with van der Waals surface area (Å²) in [6, 6.07) is -0.376. The molecule has 1 aliphatic carbocycles. The van der Waals surface area contributed by atoms with E-state index in [1.54, 1.807) is 0 Å². The highest BCUT2D eigenvalue weighted by Crippen LogP contribution is 2.34. The molecule has 1 aliphatic heterocycles. The highest BCUT2D eigenvalue weighted by Gasteiger charge is 2.52. The van der Waals surface area contributed by atoms with Gasteiger partial charge in [0.2, 0.25) is 5.91 Å². The van der Waals surface area contributed by atoms with E-state index in [0.29, 0.717) is 25.9 Å². The van der Waals surface area contributed by atoms with Crippen LogP contribution in [-0.2, 0) is 9.59 Å². The molecule has 2 aliphatic rings. The summed E-state index contributed by atoms with van der Waals surface area (Å²) in [5.74, 6) is -0.375. The van der Waals surface area contributed by atoms with Crippen molar-refractivity contribution < 1.29 is 14.4 Å². The molecule has 0 radical (unpaired) electrons. The first-order valence-corrected chi connectivity index (χ1v) is 6.70. The lowest BCUT2D eigenvalue weighted by atomic mass is 9.98. The van der Waals surface area contributed by atoms with Crippen molar-refractivity contribution in [2.45, 2.75) is 37.6 Å². The minimum Gasteiger partial charge on any atom is -0.355 e. The molecule has 106 valence electrons. The topological polar surface area (TPSA) is 105 Å². The smallest absolute Gasteiger partial charge is 0.325 e. The first-order valence-electron chi connectivity index (χ1n) is 6.70. The van der Waals surface area contributed by atoms with Crippen LogP contribution in [0.2, 0.25) is 0 Å². The zero-order valence-electron chi connectivity index (χ0n) is 10.9. The lowest BCUT2D eigenvalue weighted by molar-refractivity contribution is -0.131. The number of hydrogen-bond donors (Lipinski definition) is 3. The second-order valence-electron chi connectivity index (χ2n) is 5.06. The molecule has 2 fully saturated rings. The normalized spacial score (nSPS) is 21.0. The maximum absolute atomic E-state index is 12.3. The zero-order chi connectivity index (χ0) is 13.9. The molecule has 4 N–H and O–H groups in total. The summed E-state index contributed by atoms with van der Waals surface area (Å²) in [6.07, 6.45) is 3.43. The van der Waals surface area contributed by atoms with E-state index in [4.69, 9.17) is 5.73 Å². The number of hydrogen-bond acceptors (Lipinski definition) is 4. The van der Waals surface area contributed by atoms with Crippen molar-refractivity contribution in [1.29, 1.82) is 0 Å². The first-order chi connectivity index (χ1) is 9.09. The molecule has 0 atom stereocenters. The van der Waals surface area contributed by atoms with Gasteiger partial charge in [-0.3, -0.25) is 14.5 Å². The van der Waals surface area contributed by atoms with Crippen molar-refractivity contribution in [1.82, 2.24) is 15.5 Å². The molecule has 1 heterocycles. The van der Waals surface area contributed by atoms with E-state index >= 15 is 0 Å². The predicted octanol–water partition coefficient (Wildman–Crippen LogP) is -0.684. The molecule has 2 rings (SSSR count). The fraction of sp³-hybridized carbons (Fsp3) is 0.750. The van der Waals surface area contributed by atoms with Gasteiger partial charge >= 0.3 is 6.03 Å². The molecule has 0 aromatic carbocycles. The van der Waals surface area contributed by atoms with Gasteiger partial charge in [-0.2, -0.15) is 0 Å². The van der Waals surface area contributed by atoms with E-state index in [9.17, 15) is 14.4 Å². The maximum atomic E-state index is 12.3. The Morgan fingerprint density at radius 2 is 2.05 bits per heavy atom. The van der Waals surface area contributed by atoms with Gasteiger partial charge in [-0.05, 0) is 12.8 Å². The average Bonchev–Trinajstić information content (AvgIpc) is 2.93.